The van der Waals surface area contributed by atoms with Crippen LogP contribution >= 0.6 is 0 Å². The number of rotatable bonds is 2. The van der Waals surface area contributed by atoms with Gasteiger partial charge in [-0.25, -0.2) is 4.98 Å². The summed E-state index contributed by atoms with van der Waals surface area (Å²) in [6, 6.07) is 13.6. The van der Waals surface area contributed by atoms with Crippen LogP contribution in [0.2, 0.25) is 0 Å². The number of benzene rings is 1. The summed E-state index contributed by atoms with van der Waals surface area (Å²) in [5, 5.41) is 6.14. The number of hydrogen-bond acceptors (Lipinski definition) is 3. The van der Waals surface area contributed by atoms with E-state index in [1.165, 1.54) is 11.1 Å². The molecule has 1 aliphatic heterocycles. The van der Waals surface area contributed by atoms with E-state index in [0.717, 1.165) is 12.2 Å². The third-order valence-electron chi connectivity index (χ3n) is 3.54. The van der Waals surface area contributed by atoms with Gasteiger partial charge in [-0.1, -0.05) is 30.3 Å². The maximum absolute atomic E-state index is 12.3. The molecule has 3 rings (SSSR count). The van der Waals surface area contributed by atoms with Crippen LogP contribution in [0.1, 0.15) is 16.8 Å². The van der Waals surface area contributed by atoms with Crippen LogP contribution in [0, 0.1) is 6.92 Å². The van der Waals surface area contributed by atoms with Gasteiger partial charge >= 0.3 is 0 Å². The Labute approximate surface area is 118 Å². The van der Waals surface area contributed by atoms with Crippen molar-refractivity contribution in [2.24, 2.45) is 0 Å². The van der Waals surface area contributed by atoms with Gasteiger partial charge in [-0.15, -0.1) is 0 Å². The number of hydrogen-bond donors (Lipinski definition) is 2. The summed E-state index contributed by atoms with van der Waals surface area (Å²) >= 11 is 0. The van der Waals surface area contributed by atoms with Crippen LogP contribution in [-0.4, -0.2) is 16.9 Å². The van der Waals surface area contributed by atoms with Crippen molar-refractivity contribution in [3.8, 4) is 0 Å². The lowest BCUT2D eigenvalue weighted by atomic mass is 9.95. The molecule has 2 N–H and O–H groups in total. The Morgan fingerprint density at radius 3 is 2.80 bits per heavy atom. The minimum absolute atomic E-state index is 0.0300. The molecule has 20 heavy (non-hydrogen) atoms. The molecule has 0 saturated heterocycles. The molecule has 0 saturated carbocycles. The molecule has 102 valence electrons. The fourth-order valence-electron chi connectivity index (χ4n) is 2.47. The second-order valence-electron chi connectivity index (χ2n) is 5.06. The van der Waals surface area contributed by atoms with Gasteiger partial charge in [0.15, 0.2) is 0 Å². The smallest absolute Gasteiger partial charge is 0.243 e. The van der Waals surface area contributed by atoms with Crippen LogP contribution < -0.4 is 10.6 Å². The van der Waals surface area contributed by atoms with E-state index in [1.54, 1.807) is 0 Å². The van der Waals surface area contributed by atoms with E-state index in [2.05, 4.69) is 27.8 Å². The molecule has 0 fully saturated rings. The molecule has 4 nitrogen and oxygen atoms in total. The summed E-state index contributed by atoms with van der Waals surface area (Å²) in [6.45, 7) is 2.64. The van der Waals surface area contributed by atoms with Crippen LogP contribution in [0.5, 0.6) is 0 Å². The number of carbonyl (C=O) groups is 1. The van der Waals surface area contributed by atoms with Gasteiger partial charge in [0.05, 0.1) is 6.04 Å². The van der Waals surface area contributed by atoms with E-state index in [9.17, 15) is 4.79 Å². The van der Waals surface area contributed by atoms with Crippen LogP contribution in [0.15, 0.2) is 42.5 Å². The molecule has 1 aromatic carbocycles. The number of pyridine rings is 1. The van der Waals surface area contributed by atoms with E-state index < -0.39 is 0 Å². The minimum Gasteiger partial charge on any atom is -0.309 e. The highest BCUT2D eigenvalue weighted by atomic mass is 16.2. The van der Waals surface area contributed by atoms with Crippen LogP contribution in [-0.2, 0) is 17.8 Å². The zero-order valence-corrected chi connectivity index (χ0v) is 11.4. The van der Waals surface area contributed by atoms with Gasteiger partial charge < -0.3 is 10.6 Å². The first-order valence-corrected chi connectivity index (χ1v) is 6.77. The molecule has 0 unspecified atom stereocenters. The minimum atomic E-state index is -0.202. The molecule has 2 aromatic rings. The Kier molecular flexibility index (Phi) is 3.48. The number of aromatic nitrogens is 1. The number of aryl methyl sites for hydroxylation is 1. The van der Waals surface area contributed by atoms with Crippen molar-refractivity contribution in [3.05, 3.63) is 59.3 Å². The normalized spacial score (nSPS) is 17.4. The predicted octanol–water partition coefficient (Wildman–Crippen LogP) is 2.04. The van der Waals surface area contributed by atoms with Crippen molar-refractivity contribution in [2.45, 2.75) is 25.9 Å². The maximum Gasteiger partial charge on any atom is 0.243 e. The average molecular weight is 267 g/mol. The Hall–Kier alpha value is -2.20. The summed E-state index contributed by atoms with van der Waals surface area (Å²) in [7, 11) is 0. The molecule has 0 radical (unpaired) electrons. The fraction of sp³-hybridized carbons (Fsp3) is 0.250. The van der Waals surface area contributed by atoms with Gasteiger partial charge in [0, 0.05) is 12.2 Å². The highest BCUT2D eigenvalue weighted by Gasteiger charge is 2.23. The molecule has 1 aromatic heterocycles. The number of amides is 1. The van der Waals surface area contributed by atoms with Crippen molar-refractivity contribution >= 4 is 11.7 Å². The van der Waals surface area contributed by atoms with E-state index in [-0.39, 0.29) is 11.9 Å². The van der Waals surface area contributed by atoms with E-state index >= 15 is 0 Å². The standard InChI is InChI=1S/C16H17N3O/c1-11-5-4-8-15(18-11)19-16(20)14-9-12-6-2-3-7-13(12)10-17-14/h2-8,14,17H,9-10H2,1H3,(H,18,19,20)/t14-/m0/s1. The lowest BCUT2D eigenvalue weighted by Gasteiger charge is -2.25. The number of anilines is 1. The summed E-state index contributed by atoms with van der Waals surface area (Å²) in [4.78, 5) is 16.6. The zero-order valence-electron chi connectivity index (χ0n) is 11.4. The average Bonchev–Trinajstić information content (AvgIpc) is 2.47. The van der Waals surface area contributed by atoms with E-state index in [1.807, 2.05) is 37.3 Å². The molecular weight excluding hydrogens is 250 g/mol. The van der Waals surface area contributed by atoms with Gasteiger partial charge in [-0.2, -0.15) is 0 Å². The monoisotopic (exact) mass is 267 g/mol. The molecule has 4 heteroatoms. The fourth-order valence-corrected chi connectivity index (χ4v) is 2.47. The number of fused-ring (bicyclic) bond motifs is 1. The van der Waals surface area contributed by atoms with Gasteiger partial charge in [-0.3, -0.25) is 4.79 Å². The molecule has 0 bridgehead atoms. The number of nitrogens with one attached hydrogen (secondary N) is 2. The molecule has 1 amide bonds. The SMILES string of the molecule is Cc1cccc(NC(=O)[C@@H]2Cc3ccccc3CN2)n1. The third-order valence-corrected chi connectivity index (χ3v) is 3.54. The maximum atomic E-state index is 12.3. The lowest BCUT2D eigenvalue weighted by Crippen LogP contribution is -2.44. The van der Waals surface area contributed by atoms with Gasteiger partial charge in [0.25, 0.3) is 0 Å². The first kappa shape index (κ1) is 12.8. The molecule has 1 aliphatic rings. The Morgan fingerprint density at radius 2 is 2.00 bits per heavy atom. The largest absolute Gasteiger partial charge is 0.309 e. The van der Waals surface area contributed by atoms with Crippen molar-refractivity contribution in [2.75, 3.05) is 5.32 Å². The quantitative estimate of drug-likeness (QED) is 0.875. The molecule has 0 aliphatic carbocycles. The second-order valence-corrected chi connectivity index (χ2v) is 5.06. The summed E-state index contributed by atoms with van der Waals surface area (Å²) in [5.74, 6) is 0.577. The van der Waals surface area contributed by atoms with Gasteiger partial charge in [0.1, 0.15) is 5.82 Å². The Balaban J connectivity index is 1.70. The van der Waals surface area contributed by atoms with Crippen molar-refractivity contribution < 1.29 is 4.79 Å². The van der Waals surface area contributed by atoms with Gasteiger partial charge in [0.2, 0.25) is 5.91 Å². The van der Waals surface area contributed by atoms with Crippen molar-refractivity contribution in [3.63, 3.8) is 0 Å². The van der Waals surface area contributed by atoms with Crippen molar-refractivity contribution in [1.82, 2.24) is 10.3 Å². The topological polar surface area (TPSA) is 54.0 Å². The molecule has 2 heterocycles. The van der Waals surface area contributed by atoms with Crippen LogP contribution in [0.4, 0.5) is 5.82 Å². The second kappa shape index (κ2) is 5.43. The first-order valence-electron chi connectivity index (χ1n) is 6.77. The highest BCUT2D eigenvalue weighted by Crippen LogP contribution is 2.17. The van der Waals surface area contributed by atoms with Crippen molar-refractivity contribution in [1.29, 1.82) is 0 Å². The number of nitrogens with zero attached hydrogens (tertiary/aromatic N) is 1. The summed E-state index contributed by atoms with van der Waals surface area (Å²) in [5.41, 5.74) is 3.40. The summed E-state index contributed by atoms with van der Waals surface area (Å²) < 4.78 is 0. The van der Waals surface area contributed by atoms with Gasteiger partial charge in [-0.05, 0) is 36.6 Å². The first-order chi connectivity index (χ1) is 9.72. The van der Waals surface area contributed by atoms with Crippen LogP contribution in [0.25, 0.3) is 0 Å². The Bertz CT molecular complexity index is 639. The zero-order chi connectivity index (χ0) is 13.9. The van der Waals surface area contributed by atoms with Crippen LogP contribution in [0.3, 0.4) is 0 Å². The van der Waals surface area contributed by atoms with E-state index in [4.69, 9.17) is 0 Å². The molecule has 1 atom stereocenters. The summed E-state index contributed by atoms with van der Waals surface area (Å²) in [6.07, 6.45) is 0.716. The Morgan fingerprint density at radius 1 is 1.20 bits per heavy atom. The third kappa shape index (κ3) is 2.70. The molecular formula is C16H17N3O. The number of carbonyl (C=O) groups excluding carboxylic acids is 1. The molecule has 0 spiro atoms. The van der Waals surface area contributed by atoms with E-state index in [0.29, 0.717) is 12.2 Å². The lowest BCUT2D eigenvalue weighted by molar-refractivity contribution is -0.118. The highest BCUT2D eigenvalue weighted by molar-refractivity contribution is 5.94. The predicted molar refractivity (Wildman–Crippen MR) is 78.4 cm³/mol.